The highest BCUT2D eigenvalue weighted by Crippen LogP contribution is 2.31. The minimum absolute atomic E-state index is 0.0128. The lowest BCUT2D eigenvalue weighted by Crippen LogP contribution is -2.30. The van der Waals surface area contributed by atoms with Crippen molar-refractivity contribution in [1.29, 1.82) is 0 Å². The number of rotatable bonds is 7. The Morgan fingerprint density at radius 3 is 2.66 bits per heavy atom. The molecule has 32 heavy (non-hydrogen) atoms. The molecule has 4 rings (SSSR count). The molecule has 5 heteroatoms. The predicted octanol–water partition coefficient (Wildman–Crippen LogP) is 5.95. The number of carbonyl (C=O) groups excluding carboxylic acids is 1. The quantitative estimate of drug-likeness (QED) is 0.461. The van der Waals surface area contributed by atoms with Crippen molar-refractivity contribution in [2.75, 3.05) is 6.54 Å². The summed E-state index contributed by atoms with van der Waals surface area (Å²) in [7, 11) is 0. The summed E-state index contributed by atoms with van der Waals surface area (Å²) in [6.45, 7) is 2.51. The van der Waals surface area contributed by atoms with Crippen LogP contribution < -0.4 is 0 Å². The van der Waals surface area contributed by atoms with Gasteiger partial charge in [0.2, 0.25) is 5.91 Å². The third kappa shape index (κ3) is 5.39. The van der Waals surface area contributed by atoms with Gasteiger partial charge in [-0.3, -0.25) is 9.78 Å². The summed E-state index contributed by atoms with van der Waals surface area (Å²) in [5.41, 5.74) is 4.54. The summed E-state index contributed by atoms with van der Waals surface area (Å²) in [5, 5.41) is 0. The molecule has 2 heterocycles. The summed E-state index contributed by atoms with van der Waals surface area (Å²) in [6.07, 6.45) is 6.33. The van der Waals surface area contributed by atoms with Gasteiger partial charge in [0, 0.05) is 19.2 Å². The SMILES string of the molecule is Cc1cc(CCCC(=O)N2CCC[C@@H]2c2ccc(Cc3cccc(F)c3)cn2)ccc1F. The molecular formula is C27H28F2N2O. The van der Waals surface area contributed by atoms with E-state index in [4.69, 9.17) is 0 Å². The zero-order chi connectivity index (χ0) is 22.5. The maximum absolute atomic E-state index is 13.4. The van der Waals surface area contributed by atoms with Gasteiger partial charge in [0.25, 0.3) is 0 Å². The Balaban J connectivity index is 1.34. The number of carbonyl (C=O) groups is 1. The smallest absolute Gasteiger partial charge is 0.223 e. The molecule has 1 aliphatic rings. The first-order valence-corrected chi connectivity index (χ1v) is 11.2. The van der Waals surface area contributed by atoms with Gasteiger partial charge in [0.1, 0.15) is 11.6 Å². The average molecular weight is 435 g/mol. The Labute approximate surface area is 188 Å². The molecule has 0 N–H and O–H groups in total. The van der Waals surface area contributed by atoms with E-state index >= 15 is 0 Å². The van der Waals surface area contributed by atoms with Gasteiger partial charge in [0.15, 0.2) is 0 Å². The first-order valence-electron chi connectivity index (χ1n) is 11.2. The van der Waals surface area contributed by atoms with Gasteiger partial charge in [-0.1, -0.05) is 30.3 Å². The number of likely N-dealkylation sites (tertiary alicyclic amines) is 1. The number of pyridine rings is 1. The molecule has 1 aliphatic heterocycles. The van der Waals surface area contributed by atoms with Crippen LogP contribution in [0.2, 0.25) is 0 Å². The molecule has 0 saturated carbocycles. The summed E-state index contributed by atoms with van der Waals surface area (Å²) < 4.78 is 26.8. The molecular weight excluding hydrogens is 406 g/mol. The minimum atomic E-state index is -0.234. The predicted molar refractivity (Wildman–Crippen MR) is 121 cm³/mol. The van der Waals surface area contributed by atoms with Crippen molar-refractivity contribution >= 4 is 5.91 Å². The second-order valence-electron chi connectivity index (χ2n) is 8.58. The fourth-order valence-electron chi connectivity index (χ4n) is 4.44. The van der Waals surface area contributed by atoms with Crippen molar-refractivity contribution in [1.82, 2.24) is 9.88 Å². The monoisotopic (exact) mass is 434 g/mol. The number of hydrogen-bond acceptors (Lipinski definition) is 2. The van der Waals surface area contributed by atoms with Crippen LogP contribution in [0, 0.1) is 18.6 Å². The van der Waals surface area contributed by atoms with E-state index in [2.05, 4.69) is 4.98 Å². The minimum Gasteiger partial charge on any atom is -0.334 e. The Bertz CT molecular complexity index is 1080. The van der Waals surface area contributed by atoms with E-state index < -0.39 is 0 Å². The van der Waals surface area contributed by atoms with Crippen molar-refractivity contribution < 1.29 is 13.6 Å². The number of halogens is 2. The lowest BCUT2D eigenvalue weighted by atomic mass is 10.0. The maximum Gasteiger partial charge on any atom is 0.223 e. The standard InChI is InChI=1S/C27H28F2N2O/c1-19-15-20(10-12-24(19)29)5-3-9-27(32)31-14-4-8-26(31)25-13-11-22(18-30-25)16-21-6-2-7-23(28)17-21/h2,6-7,10-13,15,17-18,26H,3-5,8-9,14,16H2,1H3/t26-/m1/s1. The highest BCUT2D eigenvalue weighted by molar-refractivity contribution is 5.77. The molecule has 2 aromatic carbocycles. The second kappa shape index (κ2) is 10.0. The van der Waals surface area contributed by atoms with Crippen LogP contribution in [0.4, 0.5) is 8.78 Å². The highest BCUT2D eigenvalue weighted by Gasteiger charge is 2.30. The van der Waals surface area contributed by atoms with Crippen LogP contribution in [0.5, 0.6) is 0 Å². The third-order valence-electron chi connectivity index (χ3n) is 6.14. The van der Waals surface area contributed by atoms with Crippen LogP contribution in [0.15, 0.2) is 60.8 Å². The fraction of sp³-hybridized carbons (Fsp3) is 0.333. The van der Waals surface area contributed by atoms with Crippen molar-refractivity contribution in [3.63, 3.8) is 0 Å². The third-order valence-corrected chi connectivity index (χ3v) is 6.14. The number of nitrogens with zero attached hydrogens (tertiary/aromatic N) is 2. The van der Waals surface area contributed by atoms with Crippen LogP contribution >= 0.6 is 0 Å². The summed E-state index contributed by atoms with van der Waals surface area (Å²) >= 11 is 0. The molecule has 1 amide bonds. The van der Waals surface area contributed by atoms with E-state index in [1.165, 1.54) is 12.1 Å². The van der Waals surface area contributed by atoms with Gasteiger partial charge in [-0.2, -0.15) is 0 Å². The second-order valence-corrected chi connectivity index (χ2v) is 8.58. The molecule has 0 aliphatic carbocycles. The van der Waals surface area contributed by atoms with Crippen molar-refractivity contribution in [3.05, 3.63) is 100 Å². The lowest BCUT2D eigenvalue weighted by molar-refractivity contribution is -0.132. The van der Waals surface area contributed by atoms with Gasteiger partial charge < -0.3 is 4.90 Å². The van der Waals surface area contributed by atoms with Crippen LogP contribution in [0.25, 0.3) is 0 Å². The molecule has 1 fully saturated rings. The highest BCUT2D eigenvalue weighted by atomic mass is 19.1. The van der Waals surface area contributed by atoms with Gasteiger partial charge >= 0.3 is 0 Å². The molecule has 166 valence electrons. The summed E-state index contributed by atoms with van der Waals surface area (Å²) in [6, 6.07) is 15.8. The number of aryl methyl sites for hydroxylation is 2. The summed E-state index contributed by atoms with van der Waals surface area (Å²) in [5.74, 6) is -0.280. The molecule has 0 spiro atoms. The van der Waals surface area contributed by atoms with Gasteiger partial charge in [-0.15, -0.1) is 0 Å². The van der Waals surface area contributed by atoms with E-state index in [-0.39, 0.29) is 23.6 Å². The van der Waals surface area contributed by atoms with Crippen molar-refractivity contribution in [2.24, 2.45) is 0 Å². The van der Waals surface area contributed by atoms with Crippen LogP contribution in [-0.4, -0.2) is 22.3 Å². The van der Waals surface area contributed by atoms with E-state index in [1.807, 2.05) is 35.4 Å². The van der Waals surface area contributed by atoms with Crippen molar-refractivity contribution in [3.8, 4) is 0 Å². The van der Waals surface area contributed by atoms with Gasteiger partial charge in [-0.25, -0.2) is 8.78 Å². The zero-order valence-corrected chi connectivity index (χ0v) is 18.4. The number of benzene rings is 2. The van der Waals surface area contributed by atoms with Crippen LogP contribution in [0.3, 0.4) is 0 Å². The first kappa shape index (κ1) is 22.1. The number of amides is 1. The van der Waals surface area contributed by atoms with E-state index in [1.54, 1.807) is 25.1 Å². The summed E-state index contributed by atoms with van der Waals surface area (Å²) in [4.78, 5) is 19.5. The number of hydrogen-bond donors (Lipinski definition) is 0. The molecule has 0 radical (unpaired) electrons. The zero-order valence-electron chi connectivity index (χ0n) is 18.4. The molecule has 0 unspecified atom stereocenters. The van der Waals surface area contributed by atoms with E-state index in [0.717, 1.165) is 54.6 Å². The van der Waals surface area contributed by atoms with Crippen LogP contribution in [-0.2, 0) is 17.6 Å². The number of aromatic nitrogens is 1. The Kier molecular flexibility index (Phi) is 6.93. The first-order chi connectivity index (χ1) is 15.5. The van der Waals surface area contributed by atoms with E-state index in [9.17, 15) is 13.6 Å². The van der Waals surface area contributed by atoms with Crippen molar-refractivity contribution in [2.45, 2.75) is 51.5 Å². The largest absolute Gasteiger partial charge is 0.334 e. The van der Waals surface area contributed by atoms with Gasteiger partial charge in [-0.05, 0) is 85.5 Å². The average Bonchev–Trinajstić information content (AvgIpc) is 3.27. The molecule has 1 saturated heterocycles. The Morgan fingerprint density at radius 1 is 1.06 bits per heavy atom. The molecule has 3 nitrogen and oxygen atoms in total. The maximum atomic E-state index is 13.4. The lowest BCUT2D eigenvalue weighted by Gasteiger charge is -2.24. The topological polar surface area (TPSA) is 33.2 Å². The molecule has 1 atom stereocenters. The Morgan fingerprint density at radius 2 is 1.91 bits per heavy atom. The normalized spacial score (nSPS) is 15.8. The molecule has 3 aromatic rings. The Hall–Kier alpha value is -3.08. The van der Waals surface area contributed by atoms with E-state index in [0.29, 0.717) is 18.4 Å². The fourth-order valence-corrected chi connectivity index (χ4v) is 4.44. The van der Waals surface area contributed by atoms with Gasteiger partial charge in [0.05, 0.1) is 11.7 Å². The molecule has 0 bridgehead atoms. The van der Waals surface area contributed by atoms with Crippen LogP contribution in [0.1, 0.15) is 59.7 Å². The molecule has 1 aromatic heterocycles.